The summed E-state index contributed by atoms with van der Waals surface area (Å²) in [5.41, 5.74) is -0.400. The van der Waals surface area contributed by atoms with E-state index in [2.05, 4.69) is 10.2 Å². The Morgan fingerprint density at radius 2 is 1.95 bits per heavy atom. The van der Waals surface area contributed by atoms with E-state index < -0.39 is 5.60 Å². The van der Waals surface area contributed by atoms with Gasteiger partial charge in [-0.3, -0.25) is 4.90 Å². The first-order valence-corrected chi connectivity index (χ1v) is 8.38. The van der Waals surface area contributed by atoms with Crippen molar-refractivity contribution in [1.82, 2.24) is 15.1 Å². The van der Waals surface area contributed by atoms with Crippen molar-refractivity contribution in [2.75, 3.05) is 39.3 Å². The maximum absolute atomic E-state index is 12.0. The number of carbonyl (C=O) groups excluding carboxylic acids is 1. The second-order valence-corrected chi connectivity index (χ2v) is 7.24. The van der Waals surface area contributed by atoms with Crippen LogP contribution in [0.5, 0.6) is 0 Å². The molecule has 2 fully saturated rings. The summed E-state index contributed by atoms with van der Waals surface area (Å²) in [4.78, 5) is 16.3. The minimum atomic E-state index is -0.400. The van der Waals surface area contributed by atoms with Gasteiger partial charge in [0.15, 0.2) is 0 Å². The van der Waals surface area contributed by atoms with Crippen LogP contribution in [-0.4, -0.2) is 66.8 Å². The molecule has 0 bridgehead atoms. The molecular weight excluding hydrogens is 266 g/mol. The number of piperazine rings is 1. The lowest BCUT2D eigenvalue weighted by Crippen LogP contribution is -2.50. The summed E-state index contributed by atoms with van der Waals surface area (Å²) in [7, 11) is 0. The van der Waals surface area contributed by atoms with Crippen LogP contribution < -0.4 is 5.32 Å². The molecule has 0 spiro atoms. The standard InChI is InChI=1S/C16H31N3O2/c1-16(2,3)21-15(20)19-12-10-18(11-13-19)9-5-7-14-6-4-8-17-14/h14,17H,4-13H2,1-3H3. The molecular formula is C16H31N3O2. The first kappa shape index (κ1) is 16.6. The molecule has 2 saturated heterocycles. The molecule has 2 heterocycles. The Balaban J connectivity index is 1.60. The normalized spacial score (nSPS) is 24.3. The van der Waals surface area contributed by atoms with Gasteiger partial charge in [-0.15, -0.1) is 0 Å². The van der Waals surface area contributed by atoms with E-state index in [0.29, 0.717) is 0 Å². The minimum Gasteiger partial charge on any atom is -0.444 e. The molecule has 1 atom stereocenters. The Kier molecular flexibility index (Phi) is 5.88. The molecule has 0 aromatic heterocycles. The van der Waals surface area contributed by atoms with Gasteiger partial charge in [0.25, 0.3) is 0 Å². The zero-order valence-electron chi connectivity index (χ0n) is 13.9. The van der Waals surface area contributed by atoms with Crippen molar-refractivity contribution < 1.29 is 9.53 Å². The van der Waals surface area contributed by atoms with Crippen LogP contribution >= 0.6 is 0 Å². The lowest BCUT2D eigenvalue weighted by molar-refractivity contribution is 0.0144. The predicted molar refractivity (Wildman–Crippen MR) is 84.5 cm³/mol. The van der Waals surface area contributed by atoms with E-state index in [1.807, 2.05) is 25.7 Å². The highest BCUT2D eigenvalue weighted by molar-refractivity contribution is 5.68. The Bertz CT molecular complexity index is 327. The van der Waals surface area contributed by atoms with Gasteiger partial charge < -0.3 is 15.0 Å². The van der Waals surface area contributed by atoms with Gasteiger partial charge in [-0.1, -0.05) is 0 Å². The summed E-state index contributed by atoms with van der Waals surface area (Å²) in [5.74, 6) is 0. The highest BCUT2D eigenvalue weighted by Crippen LogP contribution is 2.14. The van der Waals surface area contributed by atoms with Gasteiger partial charge in [-0.2, -0.15) is 0 Å². The van der Waals surface area contributed by atoms with Crippen molar-refractivity contribution >= 4 is 6.09 Å². The van der Waals surface area contributed by atoms with Gasteiger partial charge in [0, 0.05) is 32.2 Å². The van der Waals surface area contributed by atoms with E-state index in [9.17, 15) is 4.79 Å². The minimum absolute atomic E-state index is 0.169. The maximum atomic E-state index is 12.0. The average molecular weight is 297 g/mol. The third kappa shape index (κ3) is 5.83. The van der Waals surface area contributed by atoms with Crippen LogP contribution in [0.15, 0.2) is 0 Å². The molecule has 0 saturated carbocycles. The molecule has 1 amide bonds. The van der Waals surface area contributed by atoms with E-state index in [4.69, 9.17) is 4.74 Å². The largest absolute Gasteiger partial charge is 0.444 e. The van der Waals surface area contributed by atoms with E-state index in [-0.39, 0.29) is 6.09 Å². The fourth-order valence-corrected chi connectivity index (χ4v) is 3.04. The molecule has 1 N–H and O–H groups in total. The number of ether oxygens (including phenoxy) is 1. The highest BCUT2D eigenvalue weighted by Gasteiger charge is 2.25. The Hall–Kier alpha value is -0.810. The molecule has 1 unspecified atom stereocenters. The van der Waals surface area contributed by atoms with E-state index >= 15 is 0 Å². The fourth-order valence-electron chi connectivity index (χ4n) is 3.04. The number of nitrogens with zero attached hydrogens (tertiary/aromatic N) is 2. The van der Waals surface area contributed by atoms with Gasteiger partial charge in [-0.25, -0.2) is 4.79 Å². The second kappa shape index (κ2) is 7.45. The summed E-state index contributed by atoms with van der Waals surface area (Å²) in [6.45, 7) is 11.6. The number of carbonyl (C=O) groups is 1. The van der Waals surface area contributed by atoms with Crippen molar-refractivity contribution in [2.45, 2.75) is 58.1 Å². The Labute approximate surface area is 129 Å². The first-order valence-electron chi connectivity index (χ1n) is 8.38. The van der Waals surface area contributed by atoms with Crippen molar-refractivity contribution in [3.8, 4) is 0 Å². The molecule has 2 rings (SSSR count). The molecule has 0 aliphatic carbocycles. The monoisotopic (exact) mass is 297 g/mol. The van der Waals surface area contributed by atoms with Crippen LogP contribution in [-0.2, 0) is 4.74 Å². The number of amides is 1. The molecule has 5 heteroatoms. The molecule has 2 aliphatic heterocycles. The smallest absolute Gasteiger partial charge is 0.410 e. The average Bonchev–Trinajstić information content (AvgIpc) is 2.91. The summed E-state index contributed by atoms with van der Waals surface area (Å²) >= 11 is 0. The van der Waals surface area contributed by atoms with Gasteiger partial charge >= 0.3 is 6.09 Å². The number of rotatable bonds is 4. The maximum Gasteiger partial charge on any atom is 0.410 e. The van der Waals surface area contributed by atoms with E-state index in [0.717, 1.165) is 38.8 Å². The number of hydrogen-bond acceptors (Lipinski definition) is 4. The molecule has 0 aromatic rings. The van der Waals surface area contributed by atoms with Crippen molar-refractivity contribution in [2.24, 2.45) is 0 Å². The summed E-state index contributed by atoms with van der Waals surface area (Å²) < 4.78 is 5.42. The quantitative estimate of drug-likeness (QED) is 0.863. The fraction of sp³-hybridized carbons (Fsp3) is 0.938. The molecule has 0 radical (unpaired) electrons. The Morgan fingerprint density at radius 3 is 2.52 bits per heavy atom. The summed E-state index contributed by atoms with van der Waals surface area (Å²) in [6, 6.07) is 0.744. The number of nitrogens with one attached hydrogen (secondary N) is 1. The molecule has 21 heavy (non-hydrogen) atoms. The van der Waals surface area contributed by atoms with Gasteiger partial charge in [0.05, 0.1) is 0 Å². The second-order valence-electron chi connectivity index (χ2n) is 7.24. The van der Waals surface area contributed by atoms with Gasteiger partial charge in [0.2, 0.25) is 0 Å². The van der Waals surface area contributed by atoms with Crippen molar-refractivity contribution in [1.29, 1.82) is 0 Å². The van der Waals surface area contributed by atoms with Crippen LogP contribution in [0.2, 0.25) is 0 Å². The topological polar surface area (TPSA) is 44.8 Å². The highest BCUT2D eigenvalue weighted by atomic mass is 16.6. The van der Waals surface area contributed by atoms with Gasteiger partial charge in [0.1, 0.15) is 5.60 Å². The van der Waals surface area contributed by atoms with Crippen LogP contribution in [0.25, 0.3) is 0 Å². The third-order valence-corrected chi connectivity index (χ3v) is 4.21. The molecule has 5 nitrogen and oxygen atoms in total. The lowest BCUT2D eigenvalue weighted by atomic mass is 10.1. The van der Waals surface area contributed by atoms with E-state index in [1.165, 1.54) is 32.2 Å². The lowest BCUT2D eigenvalue weighted by Gasteiger charge is -2.35. The van der Waals surface area contributed by atoms with Crippen LogP contribution in [0.4, 0.5) is 4.79 Å². The van der Waals surface area contributed by atoms with Crippen molar-refractivity contribution in [3.05, 3.63) is 0 Å². The van der Waals surface area contributed by atoms with Crippen LogP contribution in [0.1, 0.15) is 46.5 Å². The first-order chi connectivity index (χ1) is 9.94. The zero-order valence-corrected chi connectivity index (χ0v) is 13.9. The molecule has 122 valence electrons. The predicted octanol–water partition coefficient (Wildman–Crippen LogP) is 2.07. The summed E-state index contributed by atoms with van der Waals surface area (Å²) in [5, 5.41) is 3.55. The molecule has 0 aromatic carbocycles. The summed E-state index contributed by atoms with van der Waals surface area (Å²) in [6.07, 6.45) is 5.04. The SMILES string of the molecule is CC(C)(C)OC(=O)N1CCN(CCCC2CCCN2)CC1. The van der Waals surface area contributed by atoms with Crippen molar-refractivity contribution in [3.63, 3.8) is 0 Å². The van der Waals surface area contributed by atoms with Gasteiger partial charge in [-0.05, 0) is 59.5 Å². The Morgan fingerprint density at radius 1 is 1.24 bits per heavy atom. The van der Waals surface area contributed by atoms with Crippen LogP contribution in [0.3, 0.4) is 0 Å². The van der Waals surface area contributed by atoms with E-state index in [1.54, 1.807) is 0 Å². The molecule has 2 aliphatic rings. The van der Waals surface area contributed by atoms with Crippen LogP contribution in [0, 0.1) is 0 Å². The third-order valence-electron chi connectivity index (χ3n) is 4.21. The zero-order chi connectivity index (χ0) is 15.3. The number of hydrogen-bond donors (Lipinski definition) is 1.